The first kappa shape index (κ1) is 15.8. The number of benzene rings is 1. The number of carbonyl (C=O) groups is 1. The number of nitrogens with zero attached hydrogens (tertiary/aromatic N) is 2. The summed E-state index contributed by atoms with van der Waals surface area (Å²) in [6.07, 6.45) is 3.00. The number of ether oxygens (including phenoxy) is 1. The summed E-state index contributed by atoms with van der Waals surface area (Å²) in [5, 5.41) is 1.72. The second-order valence-corrected chi connectivity index (χ2v) is 6.52. The maximum atomic E-state index is 12.3. The minimum Gasteiger partial charge on any atom is -0.464 e. The second kappa shape index (κ2) is 6.98. The topological polar surface area (TPSA) is 42.0 Å². The molecule has 120 valence electrons. The molecule has 0 N–H and O–H groups in total. The van der Waals surface area contributed by atoms with Crippen molar-refractivity contribution in [1.29, 1.82) is 0 Å². The molecule has 3 rings (SSSR count). The van der Waals surface area contributed by atoms with Crippen LogP contribution in [0.15, 0.2) is 28.7 Å². The van der Waals surface area contributed by atoms with Crippen LogP contribution in [0.4, 0.5) is 5.69 Å². The Morgan fingerprint density at radius 3 is 2.64 bits per heavy atom. The summed E-state index contributed by atoms with van der Waals surface area (Å²) >= 11 is 3.43. The van der Waals surface area contributed by atoms with E-state index in [-0.39, 0.29) is 18.2 Å². The maximum absolute atomic E-state index is 12.3. The number of halogens is 1. The van der Waals surface area contributed by atoms with Gasteiger partial charge in [0.15, 0.2) is 6.04 Å². The summed E-state index contributed by atoms with van der Waals surface area (Å²) in [5.41, 5.74) is 0.878. The molecule has 22 heavy (non-hydrogen) atoms. The van der Waals surface area contributed by atoms with Gasteiger partial charge >= 0.3 is 5.97 Å². The van der Waals surface area contributed by atoms with Crippen LogP contribution in [0.3, 0.4) is 0 Å². The first-order chi connectivity index (χ1) is 10.7. The van der Waals surface area contributed by atoms with Crippen LogP contribution in [0.2, 0.25) is 0 Å². The van der Waals surface area contributed by atoms with Crippen LogP contribution in [0, 0.1) is 0 Å². The Bertz CT molecular complexity index is 517. The Morgan fingerprint density at radius 1 is 1.32 bits per heavy atom. The molecule has 6 heteroatoms. The number of likely N-dealkylation sites (tertiary alicyclic amines) is 1. The highest BCUT2D eigenvalue weighted by atomic mass is 79.9. The molecule has 0 bridgehead atoms. The molecule has 0 aliphatic carbocycles. The van der Waals surface area contributed by atoms with E-state index < -0.39 is 0 Å². The van der Waals surface area contributed by atoms with Gasteiger partial charge in [-0.05, 0) is 44.0 Å². The molecule has 1 aromatic carbocycles. The van der Waals surface area contributed by atoms with Crippen LogP contribution in [-0.4, -0.2) is 42.8 Å². The van der Waals surface area contributed by atoms with Crippen molar-refractivity contribution in [1.82, 2.24) is 4.90 Å². The number of hydroxylamine groups is 1. The van der Waals surface area contributed by atoms with Crippen molar-refractivity contribution in [3.8, 4) is 0 Å². The smallest absolute Gasteiger partial charge is 0.331 e. The van der Waals surface area contributed by atoms with Crippen LogP contribution >= 0.6 is 15.9 Å². The number of anilines is 1. The van der Waals surface area contributed by atoms with Crippen molar-refractivity contribution in [2.24, 2.45) is 0 Å². The maximum Gasteiger partial charge on any atom is 0.331 e. The van der Waals surface area contributed by atoms with Gasteiger partial charge in [0.05, 0.1) is 12.3 Å². The predicted molar refractivity (Wildman–Crippen MR) is 87.3 cm³/mol. The van der Waals surface area contributed by atoms with Gasteiger partial charge in [-0.25, -0.2) is 9.86 Å². The van der Waals surface area contributed by atoms with E-state index >= 15 is 0 Å². The lowest BCUT2D eigenvalue weighted by atomic mass is 10.1. The Hall–Kier alpha value is -1.11. The molecule has 2 unspecified atom stereocenters. The zero-order chi connectivity index (χ0) is 15.5. The predicted octanol–water partition coefficient (Wildman–Crippen LogP) is 2.94. The molecule has 2 aliphatic heterocycles. The zero-order valence-electron chi connectivity index (χ0n) is 12.7. The highest BCUT2D eigenvalue weighted by Crippen LogP contribution is 2.32. The third-order valence-electron chi connectivity index (χ3n) is 4.13. The third kappa shape index (κ3) is 3.29. The van der Waals surface area contributed by atoms with Crippen molar-refractivity contribution in [3.63, 3.8) is 0 Å². The molecule has 0 aromatic heterocycles. The van der Waals surface area contributed by atoms with Gasteiger partial charge in [-0.15, -0.1) is 0 Å². The highest BCUT2D eigenvalue weighted by molar-refractivity contribution is 9.10. The monoisotopic (exact) mass is 368 g/mol. The fourth-order valence-electron chi connectivity index (χ4n) is 3.04. The Morgan fingerprint density at radius 2 is 2.00 bits per heavy atom. The summed E-state index contributed by atoms with van der Waals surface area (Å²) in [6, 6.07) is 7.41. The van der Waals surface area contributed by atoms with Gasteiger partial charge in [0, 0.05) is 24.0 Å². The number of hydrogen-bond acceptors (Lipinski definition) is 5. The minimum absolute atomic E-state index is 0.0412. The van der Waals surface area contributed by atoms with Crippen molar-refractivity contribution < 1.29 is 14.4 Å². The van der Waals surface area contributed by atoms with E-state index in [9.17, 15) is 4.79 Å². The molecular weight excluding hydrogens is 348 g/mol. The minimum atomic E-state index is -0.383. The number of hydrogen-bond donors (Lipinski definition) is 0. The van der Waals surface area contributed by atoms with Gasteiger partial charge < -0.3 is 4.74 Å². The fourth-order valence-corrected chi connectivity index (χ4v) is 3.30. The van der Waals surface area contributed by atoms with Gasteiger partial charge in [-0.2, -0.15) is 0 Å². The van der Waals surface area contributed by atoms with E-state index in [1.165, 1.54) is 12.8 Å². The van der Waals surface area contributed by atoms with Crippen molar-refractivity contribution in [3.05, 3.63) is 28.7 Å². The Labute approximate surface area is 139 Å². The molecule has 2 fully saturated rings. The Kier molecular flexibility index (Phi) is 5.00. The van der Waals surface area contributed by atoms with Gasteiger partial charge in [-0.3, -0.25) is 9.74 Å². The van der Waals surface area contributed by atoms with E-state index in [0.717, 1.165) is 23.2 Å². The molecule has 0 radical (unpaired) electrons. The molecule has 2 saturated heterocycles. The summed E-state index contributed by atoms with van der Waals surface area (Å²) < 4.78 is 6.22. The normalized spacial score (nSPS) is 25.6. The van der Waals surface area contributed by atoms with E-state index in [1.807, 2.05) is 31.2 Å². The van der Waals surface area contributed by atoms with E-state index in [4.69, 9.17) is 9.57 Å². The summed E-state index contributed by atoms with van der Waals surface area (Å²) in [7, 11) is 0. The van der Waals surface area contributed by atoms with E-state index in [0.29, 0.717) is 13.0 Å². The van der Waals surface area contributed by atoms with Gasteiger partial charge in [-0.1, -0.05) is 15.9 Å². The van der Waals surface area contributed by atoms with Crippen LogP contribution in [0.1, 0.15) is 26.2 Å². The summed E-state index contributed by atoms with van der Waals surface area (Å²) in [4.78, 5) is 20.7. The second-order valence-electron chi connectivity index (χ2n) is 5.61. The lowest BCUT2D eigenvalue weighted by molar-refractivity contribution is -0.145. The quantitative estimate of drug-likeness (QED) is 0.764. The molecule has 2 aliphatic rings. The molecule has 2 atom stereocenters. The van der Waals surface area contributed by atoms with Crippen LogP contribution in [0.5, 0.6) is 0 Å². The SMILES string of the molecule is CCOC(=O)C1CC(N2CCCC2)ON1c1ccc(Br)cc1. The van der Waals surface area contributed by atoms with Gasteiger partial charge in [0.1, 0.15) is 6.23 Å². The average molecular weight is 369 g/mol. The number of esters is 1. The van der Waals surface area contributed by atoms with Gasteiger partial charge in [0.25, 0.3) is 0 Å². The first-order valence-electron chi connectivity index (χ1n) is 7.81. The lowest BCUT2D eigenvalue weighted by Gasteiger charge is -2.25. The van der Waals surface area contributed by atoms with Crippen molar-refractivity contribution >= 4 is 27.6 Å². The van der Waals surface area contributed by atoms with Crippen LogP contribution in [-0.2, 0) is 14.4 Å². The zero-order valence-corrected chi connectivity index (χ0v) is 14.3. The lowest BCUT2D eigenvalue weighted by Crippen LogP contribution is -2.36. The van der Waals surface area contributed by atoms with Crippen LogP contribution < -0.4 is 5.06 Å². The molecule has 5 nitrogen and oxygen atoms in total. The van der Waals surface area contributed by atoms with E-state index in [2.05, 4.69) is 20.8 Å². The summed E-state index contributed by atoms with van der Waals surface area (Å²) in [6.45, 7) is 4.29. The Balaban J connectivity index is 1.80. The van der Waals surface area contributed by atoms with E-state index in [1.54, 1.807) is 5.06 Å². The molecule has 1 aromatic rings. The molecule has 0 amide bonds. The van der Waals surface area contributed by atoms with Crippen molar-refractivity contribution in [2.75, 3.05) is 24.8 Å². The number of carbonyl (C=O) groups excluding carboxylic acids is 1. The largest absolute Gasteiger partial charge is 0.464 e. The van der Waals surface area contributed by atoms with Crippen LogP contribution in [0.25, 0.3) is 0 Å². The number of rotatable bonds is 4. The first-order valence-corrected chi connectivity index (χ1v) is 8.60. The molecular formula is C16H21BrN2O3. The van der Waals surface area contributed by atoms with Gasteiger partial charge in [0.2, 0.25) is 0 Å². The summed E-state index contributed by atoms with van der Waals surface area (Å²) in [5.74, 6) is -0.216. The molecule has 0 spiro atoms. The highest BCUT2D eigenvalue weighted by Gasteiger charge is 2.42. The fraction of sp³-hybridized carbons (Fsp3) is 0.562. The third-order valence-corrected chi connectivity index (χ3v) is 4.66. The standard InChI is InChI=1S/C16H21BrN2O3/c1-2-21-16(20)14-11-15(18-9-3-4-10-18)22-19(14)13-7-5-12(17)6-8-13/h5-8,14-15H,2-4,9-11H2,1H3. The van der Waals surface area contributed by atoms with Crippen molar-refractivity contribution in [2.45, 2.75) is 38.5 Å². The molecule has 0 saturated carbocycles. The molecule has 2 heterocycles. The average Bonchev–Trinajstić information content (AvgIpc) is 3.17.